The van der Waals surface area contributed by atoms with Gasteiger partial charge < -0.3 is 0 Å². The summed E-state index contributed by atoms with van der Waals surface area (Å²) in [5.41, 5.74) is 0.888. The molecule has 1 rings (SSSR count). The van der Waals surface area contributed by atoms with Crippen molar-refractivity contribution < 1.29 is 9.18 Å². The van der Waals surface area contributed by atoms with Crippen molar-refractivity contribution in [2.75, 3.05) is 0 Å². The Hall–Kier alpha value is -0.890. The molecule has 0 aliphatic rings. The van der Waals surface area contributed by atoms with E-state index in [1.165, 1.54) is 6.07 Å². The van der Waals surface area contributed by atoms with Crippen LogP contribution in [0.15, 0.2) is 18.2 Å². The predicted octanol–water partition coefficient (Wildman–Crippen LogP) is 3.25. The summed E-state index contributed by atoms with van der Waals surface area (Å²) in [6, 6.07) is 4.54. The fraction of sp³-hybridized carbons (Fsp3) is 0.364. The lowest BCUT2D eigenvalue weighted by Crippen LogP contribution is -2.09. The molecule has 1 atom stereocenters. The number of rotatable bonds is 3. The highest BCUT2D eigenvalue weighted by Gasteiger charge is 2.09. The lowest BCUT2D eigenvalue weighted by molar-refractivity contribution is -0.120. The Morgan fingerprint density at radius 2 is 2.21 bits per heavy atom. The van der Waals surface area contributed by atoms with Crippen LogP contribution in [0.2, 0.25) is 5.02 Å². The molecule has 0 amide bonds. The summed E-state index contributed by atoms with van der Waals surface area (Å²) in [6.07, 6.45) is 0.606. The SMILES string of the molecule is CC(=O)C(C)Cc1ccc(F)c(Cl)c1. The lowest BCUT2D eigenvalue weighted by atomic mass is 9.98. The standard InChI is InChI=1S/C11H12ClFO/c1-7(8(2)14)5-9-3-4-11(13)10(12)6-9/h3-4,6-7H,5H2,1-2H3. The van der Waals surface area contributed by atoms with Crippen molar-refractivity contribution in [3.63, 3.8) is 0 Å². The maximum absolute atomic E-state index is 12.8. The number of carbonyl (C=O) groups is 1. The summed E-state index contributed by atoms with van der Waals surface area (Å²) in [5.74, 6) is -0.340. The van der Waals surface area contributed by atoms with E-state index in [0.29, 0.717) is 6.42 Å². The van der Waals surface area contributed by atoms with Crippen molar-refractivity contribution in [2.45, 2.75) is 20.3 Å². The number of ketones is 1. The van der Waals surface area contributed by atoms with Gasteiger partial charge >= 0.3 is 0 Å². The van der Waals surface area contributed by atoms with Gasteiger partial charge in [0.25, 0.3) is 0 Å². The smallest absolute Gasteiger partial charge is 0.141 e. The summed E-state index contributed by atoms with van der Waals surface area (Å²) in [7, 11) is 0. The van der Waals surface area contributed by atoms with Gasteiger partial charge in [-0.15, -0.1) is 0 Å². The average Bonchev–Trinajstić information content (AvgIpc) is 2.11. The summed E-state index contributed by atoms with van der Waals surface area (Å²) in [6.45, 7) is 3.40. The van der Waals surface area contributed by atoms with Crippen molar-refractivity contribution in [3.05, 3.63) is 34.6 Å². The number of Topliss-reactive ketones (excluding diaryl/α,β-unsaturated/α-hetero) is 1. The Morgan fingerprint density at radius 1 is 1.57 bits per heavy atom. The van der Waals surface area contributed by atoms with E-state index >= 15 is 0 Å². The Balaban J connectivity index is 2.78. The molecule has 0 aliphatic heterocycles. The van der Waals surface area contributed by atoms with E-state index in [-0.39, 0.29) is 16.7 Å². The number of hydrogen-bond donors (Lipinski definition) is 0. The fourth-order valence-electron chi connectivity index (χ4n) is 1.16. The summed E-state index contributed by atoms with van der Waals surface area (Å²) in [4.78, 5) is 11.0. The van der Waals surface area contributed by atoms with E-state index in [2.05, 4.69) is 0 Å². The molecule has 76 valence electrons. The van der Waals surface area contributed by atoms with Gasteiger partial charge in [0.15, 0.2) is 0 Å². The van der Waals surface area contributed by atoms with Gasteiger partial charge in [-0.2, -0.15) is 0 Å². The van der Waals surface area contributed by atoms with Gasteiger partial charge in [-0.25, -0.2) is 4.39 Å². The molecular weight excluding hydrogens is 203 g/mol. The first-order chi connectivity index (χ1) is 6.50. The normalized spacial score (nSPS) is 12.6. The first-order valence-electron chi connectivity index (χ1n) is 4.45. The van der Waals surface area contributed by atoms with Gasteiger partial charge in [-0.05, 0) is 31.0 Å². The van der Waals surface area contributed by atoms with E-state index < -0.39 is 5.82 Å². The van der Waals surface area contributed by atoms with Crippen LogP contribution in [0.1, 0.15) is 19.4 Å². The molecule has 1 aromatic rings. The number of benzene rings is 1. The van der Waals surface area contributed by atoms with Crippen LogP contribution in [0.5, 0.6) is 0 Å². The summed E-state index contributed by atoms with van der Waals surface area (Å²) < 4.78 is 12.8. The van der Waals surface area contributed by atoms with E-state index in [1.54, 1.807) is 19.1 Å². The van der Waals surface area contributed by atoms with Crippen molar-refractivity contribution in [2.24, 2.45) is 5.92 Å². The van der Waals surface area contributed by atoms with E-state index in [1.807, 2.05) is 6.92 Å². The molecule has 1 aromatic carbocycles. The molecule has 0 aliphatic carbocycles. The van der Waals surface area contributed by atoms with Crippen LogP contribution in [-0.4, -0.2) is 5.78 Å². The van der Waals surface area contributed by atoms with Gasteiger partial charge in [0.05, 0.1) is 5.02 Å². The number of hydrogen-bond acceptors (Lipinski definition) is 1. The maximum Gasteiger partial charge on any atom is 0.141 e. The quantitative estimate of drug-likeness (QED) is 0.755. The topological polar surface area (TPSA) is 17.1 Å². The second-order valence-corrected chi connectivity index (χ2v) is 3.87. The van der Waals surface area contributed by atoms with E-state index in [4.69, 9.17) is 11.6 Å². The molecule has 3 heteroatoms. The molecule has 0 saturated heterocycles. The van der Waals surface area contributed by atoms with Crippen LogP contribution in [0.3, 0.4) is 0 Å². The summed E-state index contributed by atoms with van der Waals surface area (Å²) >= 11 is 5.62. The Bertz CT molecular complexity index is 349. The second-order valence-electron chi connectivity index (χ2n) is 3.46. The van der Waals surface area contributed by atoms with Crippen LogP contribution >= 0.6 is 11.6 Å². The van der Waals surface area contributed by atoms with Gasteiger partial charge in [0, 0.05) is 5.92 Å². The average molecular weight is 215 g/mol. The van der Waals surface area contributed by atoms with Crippen LogP contribution < -0.4 is 0 Å². The molecule has 0 radical (unpaired) electrons. The van der Waals surface area contributed by atoms with Crippen molar-refractivity contribution in [1.82, 2.24) is 0 Å². The zero-order valence-electron chi connectivity index (χ0n) is 8.18. The third kappa shape index (κ3) is 2.81. The fourth-order valence-corrected chi connectivity index (χ4v) is 1.37. The zero-order chi connectivity index (χ0) is 10.7. The Labute approximate surface area is 87.9 Å². The highest BCUT2D eigenvalue weighted by molar-refractivity contribution is 6.30. The first kappa shape index (κ1) is 11.2. The molecule has 0 bridgehead atoms. The lowest BCUT2D eigenvalue weighted by Gasteiger charge is -2.07. The van der Waals surface area contributed by atoms with Crippen molar-refractivity contribution in [1.29, 1.82) is 0 Å². The van der Waals surface area contributed by atoms with E-state index in [9.17, 15) is 9.18 Å². The van der Waals surface area contributed by atoms with Gasteiger partial charge in [0.1, 0.15) is 11.6 Å². The van der Waals surface area contributed by atoms with E-state index in [0.717, 1.165) is 5.56 Å². The molecule has 1 unspecified atom stereocenters. The summed E-state index contributed by atoms with van der Waals surface area (Å²) in [5, 5.41) is 0.109. The van der Waals surface area contributed by atoms with Crippen LogP contribution in [0, 0.1) is 11.7 Å². The van der Waals surface area contributed by atoms with Crippen molar-refractivity contribution >= 4 is 17.4 Å². The largest absolute Gasteiger partial charge is 0.300 e. The van der Waals surface area contributed by atoms with Crippen LogP contribution in [0.4, 0.5) is 4.39 Å². The molecule has 0 saturated carbocycles. The van der Waals surface area contributed by atoms with Crippen LogP contribution in [0.25, 0.3) is 0 Å². The Morgan fingerprint density at radius 3 is 2.71 bits per heavy atom. The van der Waals surface area contributed by atoms with Crippen LogP contribution in [-0.2, 0) is 11.2 Å². The highest BCUT2D eigenvalue weighted by atomic mass is 35.5. The number of carbonyl (C=O) groups excluding carboxylic acids is 1. The highest BCUT2D eigenvalue weighted by Crippen LogP contribution is 2.18. The van der Waals surface area contributed by atoms with Crippen molar-refractivity contribution in [3.8, 4) is 0 Å². The minimum atomic E-state index is -0.425. The number of halogens is 2. The monoisotopic (exact) mass is 214 g/mol. The molecule has 0 heterocycles. The predicted molar refractivity (Wildman–Crippen MR) is 55.0 cm³/mol. The third-order valence-corrected chi connectivity index (χ3v) is 2.51. The molecule has 0 fully saturated rings. The molecule has 0 N–H and O–H groups in total. The molecule has 14 heavy (non-hydrogen) atoms. The molecule has 0 aromatic heterocycles. The molecule has 1 nitrogen and oxygen atoms in total. The first-order valence-corrected chi connectivity index (χ1v) is 4.83. The minimum Gasteiger partial charge on any atom is -0.300 e. The maximum atomic E-state index is 12.8. The van der Waals surface area contributed by atoms with Gasteiger partial charge in [-0.3, -0.25) is 4.79 Å². The van der Waals surface area contributed by atoms with Gasteiger partial charge in [0.2, 0.25) is 0 Å². The minimum absolute atomic E-state index is 0.0449. The molecule has 0 spiro atoms. The zero-order valence-corrected chi connectivity index (χ0v) is 8.94. The third-order valence-electron chi connectivity index (χ3n) is 2.22. The Kier molecular flexibility index (Phi) is 3.64. The van der Waals surface area contributed by atoms with Gasteiger partial charge in [-0.1, -0.05) is 24.6 Å². The second kappa shape index (κ2) is 4.56. The molecular formula is C11H12ClFO.